The van der Waals surface area contributed by atoms with E-state index in [1.54, 1.807) is 0 Å². The molecule has 0 aliphatic rings. The van der Waals surface area contributed by atoms with Crippen molar-refractivity contribution in [3.05, 3.63) is 84.4 Å². The molecule has 0 unspecified atom stereocenters. The molecule has 2 nitrogen and oxygen atoms in total. The first-order valence-electron chi connectivity index (χ1n) is 8.02. The summed E-state index contributed by atoms with van der Waals surface area (Å²) in [4.78, 5) is 4.61. The first-order valence-corrected chi connectivity index (χ1v) is 8.02. The Morgan fingerprint density at radius 2 is 1.54 bits per heavy atom. The maximum absolute atomic E-state index is 5.99. The van der Waals surface area contributed by atoms with E-state index in [-0.39, 0.29) is 0 Å². The van der Waals surface area contributed by atoms with Gasteiger partial charge >= 0.3 is 0 Å². The van der Waals surface area contributed by atoms with E-state index in [0.717, 1.165) is 22.2 Å². The summed E-state index contributed by atoms with van der Waals surface area (Å²) in [5, 5.41) is 0. The third kappa shape index (κ3) is 2.74. The Bertz CT molecular complexity index is 995. The van der Waals surface area contributed by atoms with Crippen LogP contribution in [0.15, 0.2) is 83.3 Å². The predicted molar refractivity (Wildman–Crippen MR) is 99.6 cm³/mol. The Morgan fingerprint density at radius 1 is 0.792 bits per heavy atom. The zero-order valence-electron chi connectivity index (χ0n) is 13.4. The molecule has 0 radical (unpaired) electrons. The number of aromatic nitrogens is 1. The second-order valence-corrected chi connectivity index (χ2v) is 5.69. The second kappa shape index (κ2) is 6.17. The molecule has 0 saturated heterocycles. The van der Waals surface area contributed by atoms with E-state index in [1.807, 2.05) is 49.4 Å². The highest BCUT2D eigenvalue weighted by Gasteiger charge is 2.09. The molecule has 0 N–H and O–H groups in total. The first kappa shape index (κ1) is 14.5. The number of fused-ring (bicyclic) bond motifs is 1. The van der Waals surface area contributed by atoms with Gasteiger partial charge in [0, 0.05) is 5.56 Å². The van der Waals surface area contributed by atoms with Crippen LogP contribution in [0.5, 0.6) is 0 Å². The lowest BCUT2D eigenvalue weighted by Crippen LogP contribution is -1.78. The van der Waals surface area contributed by atoms with Crippen molar-refractivity contribution in [1.29, 1.82) is 0 Å². The van der Waals surface area contributed by atoms with Gasteiger partial charge in [-0.05, 0) is 47.9 Å². The summed E-state index contributed by atoms with van der Waals surface area (Å²) < 4.78 is 5.99. The molecule has 0 aliphatic heterocycles. The van der Waals surface area contributed by atoms with Gasteiger partial charge in [0.25, 0.3) is 0 Å². The monoisotopic (exact) mass is 311 g/mol. The average Bonchev–Trinajstić information content (AvgIpc) is 3.06. The molecule has 0 fully saturated rings. The molecule has 2 heteroatoms. The van der Waals surface area contributed by atoms with Crippen LogP contribution in [0.3, 0.4) is 0 Å². The molecule has 24 heavy (non-hydrogen) atoms. The Hall–Kier alpha value is -3.13. The van der Waals surface area contributed by atoms with Crippen LogP contribution >= 0.6 is 0 Å². The summed E-state index contributed by atoms with van der Waals surface area (Å²) in [5.41, 5.74) is 6.15. The highest BCUT2D eigenvalue weighted by atomic mass is 16.3. The molecule has 1 aromatic heterocycles. The summed E-state index contributed by atoms with van der Waals surface area (Å²) in [5.74, 6) is 0.655. The van der Waals surface area contributed by atoms with Crippen molar-refractivity contribution < 1.29 is 4.42 Å². The second-order valence-electron chi connectivity index (χ2n) is 5.69. The van der Waals surface area contributed by atoms with Crippen molar-refractivity contribution in [3.8, 4) is 22.6 Å². The fourth-order valence-electron chi connectivity index (χ4n) is 2.79. The van der Waals surface area contributed by atoms with Gasteiger partial charge in [-0.1, -0.05) is 60.7 Å². The van der Waals surface area contributed by atoms with Crippen molar-refractivity contribution in [1.82, 2.24) is 4.98 Å². The van der Waals surface area contributed by atoms with Crippen LogP contribution < -0.4 is 0 Å². The molecule has 1 heterocycles. The minimum Gasteiger partial charge on any atom is -0.436 e. The van der Waals surface area contributed by atoms with E-state index in [9.17, 15) is 0 Å². The summed E-state index contributed by atoms with van der Waals surface area (Å²) >= 11 is 0. The van der Waals surface area contributed by atoms with Gasteiger partial charge in [0.15, 0.2) is 5.58 Å². The van der Waals surface area contributed by atoms with Crippen LogP contribution in [-0.2, 0) is 0 Å². The van der Waals surface area contributed by atoms with Gasteiger partial charge < -0.3 is 4.42 Å². The van der Waals surface area contributed by atoms with Gasteiger partial charge in [0.1, 0.15) is 5.52 Å². The van der Waals surface area contributed by atoms with Crippen LogP contribution in [0.1, 0.15) is 12.5 Å². The summed E-state index contributed by atoms with van der Waals surface area (Å²) in [6.07, 6.45) is 4.10. The number of nitrogens with zero attached hydrogens (tertiary/aromatic N) is 1. The Kier molecular flexibility index (Phi) is 3.72. The van der Waals surface area contributed by atoms with Gasteiger partial charge in [0.05, 0.1) is 0 Å². The fourth-order valence-corrected chi connectivity index (χ4v) is 2.79. The van der Waals surface area contributed by atoms with Gasteiger partial charge in [0.2, 0.25) is 5.89 Å². The van der Waals surface area contributed by atoms with Crippen molar-refractivity contribution in [2.75, 3.05) is 0 Å². The fraction of sp³-hybridized carbons (Fsp3) is 0.0455. The highest BCUT2D eigenvalue weighted by molar-refractivity contribution is 5.82. The van der Waals surface area contributed by atoms with E-state index < -0.39 is 0 Å². The average molecular weight is 311 g/mol. The lowest BCUT2D eigenvalue weighted by Gasteiger charge is -1.99. The molecule has 0 spiro atoms. The third-order valence-electron chi connectivity index (χ3n) is 4.01. The predicted octanol–water partition coefficient (Wildman–Crippen LogP) is 6.19. The van der Waals surface area contributed by atoms with Crippen molar-refractivity contribution in [3.63, 3.8) is 0 Å². The molecule has 116 valence electrons. The number of rotatable bonds is 3. The Balaban J connectivity index is 1.73. The standard InChI is InChI=1S/C22H17NO/c1-2-6-16-9-11-18(12-10-16)22-23-20-14-13-19(15-21(20)24-22)17-7-4-3-5-8-17/h2-15H,1H3. The van der Waals surface area contributed by atoms with Crippen molar-refractivity contribution in [2.24, 2.45) is 0 Å². The minimum atomic E-state index is 0.655. The zero-order chi connectivity index (χ0) is 16.4. The van der Waals surface area contributed by atoms with Gasteiger partial charge in [-0.2, -0.15) is 0 Å². The lowest BCUT2D eigenvalue weighted by atomic mass is 10.1. The number of benzene rings is 3. The Morgan fingerprint density at radius 3 is 2.29 bits per heavy atom. The summed E-state index contributed by atoms with van der Waals surface area (Å²) in [6, 6.07) is 24.7. The summed E-state index contributed by atoms with van der Waals surface area (Å²) in [6.45, 7) is 2.01. The lowest BCUT2D eigenvalue weighted by molar-refractivity contribution is 0.620. The van der Waals surface area contributed by atoms with Crippen LogP contribution in [0.4, 0.5) is 0 Å². The number of hydrogen-bond donors (Lipinski definition) is 0. The molecule has 0 atom stereocenters. The van der Waals surface area contributed by atoms with Crippen molar-refractivity contribution in [2.45, 2.75) is 6.92 Å². The first-order chi connectivity index (χ1) is 11.8. The molecule has 3 aromatic carbocycles. The van der Waals surface area contributed by atoms with Crippen LogP contribution in [-0.4, -0.2) is 4.98 Å². The number of oxazole rings is 1. The van der Waals surface area contributed by atoms with Crippen LogP contribution in [0.25, 0.3) is 39.8 Å². The van der Waals surface area contributed by atoms with Gasteiger partial charge in [-0.3, -0.25) is 0 Å². The van der Waals surface area contributed by atoms with Crippen molar-refractivity contribution >= 4 is 17.2 Å². The maximum Gasteiger partial charge on any atom is 0.227 e. The number of hydrogen-bond acceptors (Lipinski definition) is 2. The topological polar surface area (TPSA) is 26.0 Å². The maximum atomic E-state index is 5.99. The van der Waals surface area contributed by atoms with Crippen LogP contribution in [0.2, 0.25) is 0 Å². The summed E-state index contributed by atoms with van der Waals surface area (Å²) in [7, 11) is 0. The van der Waals surface area contributed by atoms with Gasteiger partial charge in [-0.25, -0.2) is 4.98 Å². The van der Waals surface area contributed by atoms with E-state index >= 15 is 0 Å². The van der Waals surface area contributed by atoms with Crippen LogP contribution in [0, 0.1) is 0 Å². The van der Waals surface area contributed by atoms with E-state index in [1.165, 1.54) is 11.1 Å². The molecule has 4 aromatic rings. The SMILES string of the molecule is CC=Cc1ccc(-c2nc3ccc(-c4ccccc4)cc3o2)cc1. The molecular formula is C22H17NO. The normalized spacial score (nSPS) is 11.4. The molecule has 4 rings (SSSR count). The largest absolute Gasteiger partial charge is 0.436 e. The molecular weight excluding hydrogens is 294 g/mol. The third-order valence-corrected chi connectivity index (χ3v) is 4.01. The van der Waals surface area contributed by atoms with Gasteiger partial charge in [-0.15, -0.1) is 0 Å². The Labute approximate surface area is 141 Å². The molecule has 0 saturated carbocycles. The zero-order valence-corrected chi connectivity index (χ0v) is 13.4. The van der Waals surface area contributed by atoms with E-state index in [0.29, 0.717) is 5.89 Å². The van der Waals surface area contributed by atoms with E-state index in [2.05, 4.69) is 47.5 Å². The minimum absolute atomic E-state index is 0.655. The highest BCUT2D eigenvalue weighted by Crippen LogP contribution is 2.28. The smallest absolute Gasteiger partial charge is 0.227 e. The molecule has 0 bridgehead atoms. The van der Waals surface area contributed by atoms with E-state index in [4.69, 9.17) is 4.42 Å². The quantitative estimate of drug-likeness (QED) is 0.450. The number of allylic oxidation sites excluding steroid dienone is 1. The molecule has 0 amide bonds. The molecule has 0 aliphatic carbocycles.